The number of anilines is 1. The molecule has 0 fully saturated rings. The highest BCUT2D eigenvalue weighted by Gasteiger charge is 2.39. The molecule has 5 heteroatoms. The van der Waals surface area contributed by atoms with Crippen LogP contribution in [-0.4, -0.2) is 11.0 Å². The molecule has 3 nitrogen and oxygen atoms in total. The Kier molecular flexibility index (Phi) is 3.19. The van der Waals surface area contributed by atoms with Crippen LogP contribution in [0.1, 0.15) is 20.8 Å². The van der Waals surface area contributed by atoms with Gasteiger partial charge in [0.2, 0.25) is 0 Å². The number of benzene rings is 1. The van der Waals surface area contributed by atoms with E-state index in [1.807, 2.05) is 12.1 Å². The molecule has 86 valence electrons. The van der Waals surface area contributed by atoms with Crippen LogP contribution in [0.15, 0.2) is 29.2 Å². The molecule has 16 heavy (non-hydrogen) atoms. The van der Waals surface area contributed by atoms with Crippen molar-refractivity contribution in [1.29, 1.82) is 0 Å². The molecule has 0 saturated carbocycles. The lowest BCUT2D eigenvalue weighted by Gasteiger charge is -2.36. The first-order chi connectivity index (χ1) is 7.54. The molecule has 2 rings (SSSR count). The number of hydrogen-bond acceptors (Lipinski definition) is 3. The fourth-order valence-electron chi connectivity index (χ4n) is 1.89. The van der Waals surface area contributed by atoms with Gasteiger partial charge in [-0.25, -0.2) is 0 Å². The van der Waals surface area contributed by atoms with Crippen molar-refractivity contribution in [1.82, 2.24) is 4.72 Å². The molecule has 1 N–H and O–H groups in total. The van der Waals surface area contributed by atoms with E-state index in [1.54, 1.807) is 11.8 Å². The zero-order chi connectivity index (χ0) is 11.8. The fraction of sp³-hybridized carbons (Fsp3) is 0.455. The molecule has 0 saturated heterocycles. The number of hydrogen-bond donors (Lipinski definition) is 1. The lowest BCUT2D eigenvalue weighted by Crippen LogP contribution is -2.50. The lowest BCUT2D eigenvalue weighted by atomic mass is 10.1. The zero-order valence-corrected chi connectivity index (χ0v) is 11.2. The second-order valence-electron chi connectivity index (χ2n) is 4.68. The SMILES string of the molecule is CC(C)(C)N1c2ccccc2SC1N[S+]=O. The summed E-state index contributed by atoms with van der Waals surface area (Å²) in [4.78, 5) is 3.47. The van der Waals surface area contributed by atoms with E-state index in [1.165, 1.54) is 10.6 Å². The number of nitrogens with one attached hydrogen (secondary N) is 1. The van der Waals surface area contributed by atoms with Crippen LogP contribution in [0.2, 0.25) is 0 Å². The third kappa shape index (κ3) is 2.07. The van der Waals surface area contributed by atoms with Gasteiger partial charge in [0.25, 0.3) is 0 Å². The van der Waals surface area contributed by atoms with Crippen LogP contribution in [0.4, 0.5) is 5.69 Å². The molecule has 0 radical (unpaired) electrons. The maximum atomic E-state index is 10.7. The monoisotopic (exact) mass is 255 g/mol. The second-order valence-corrected chi connectivity index (χ2v) is 6.20. The third-order valence-corrected chi connectivity index (χ3v) is 4.09. The smallest absolute Gasteiger partial charge is 0.337 e. The van der Waals surface area contributed by atoms with Crippen LogP contribution in [0, 0.1) is 0 Å². The van der Waals surface area contributed by atoms with Crippen molar-refractivity contribution < 1.29 is 4.21 Å². The highest BCUT2D eigenvalue weighted by molar-refractivity contribution is 8.00. The zero-order valence-electron chi connectivity index (χ0n) is 9.56. The molecule has 0 aromatic heterocycles. The van der Waals surface area contributed by atoms with Crippen molar-refractivity contribution >= 4 is 29.3 Å². The first kappa shape index (κ1) is 11.8. The van der Waals surface area contributed by atoms with Crippen molar-refractivity contribution in [3.05, 3.63) is 24.3 Å². The average molecular weight is 255 g/mol. The van der Waals surface area contributed by atoms with Crippen molar-refractivity contribution in [2.45, 2.75) is 36.7 Å². The quantitative estimate of drug-likeness (QED) is 0.651. The van der Waals surface area contributed by atoms with E-state index in [9.17, 15) is 4.21 Å². The molecule has 1 aliphatic heterocycles. The second kappa shape index (κ2) is 4.31. The predicted molar refractivity (Wildman–Crippen MR) is 69.5 cm³/mol. The van der Waals surface area contributed by atoms with Crippen molar-refractivity contribution in [3.63, 3.8) is 0 Å². The summed E-state index contributed by atoms with van der Waals surface area (Å²) < 4.78 is 13.6. The van der Waals surface area contributed by atoms with Gasteiger partial charge >= 0.3 is 11.9 Å². The molecular weight excluding hydrogens is 240 g/mol. The fourth-order valence-corrected chi connectivity index (χ4v) is 3.60. The van der Waals surface area contributed by atoms with E-state index >= 15 is 0 Å². The maximum Gasteiger partial charge on any atom is 0.590 e. The Morgan fingerprint density at radius 2 is 2.06 bits per heavy atom. The highest BCUT2D eigenvalue weighted by Crippen LogP contribution is 2.45. The molecule has 1 atom stereocenters. The van der Waals surface area contributed by atoms with Gasteiger partial charge in [-0.3, -0.25) is 0 Å². The van der Waals surface area contributed by atoms with Gasteiger partial charge in [-0.1, -0.05) is 23.9 Å². The molecule has 1 aliphatic rings. The van der Waals surface area contributed by atoms with Crippen LogP contribution in [-0.2, 0) is 16.1 Å². The first-order valence-electron chi connectivity index (χ1n) is 5.13. The van der Waals surface area contributed by atoms with E-state index in [0.29, 0.717) is 11.9 Å². The van der Waals surface area contributed by atoms with Gasteiger partial charge in [-0.15, -0.1) is 0 Å². The third-order valence-electron chi connectivity index (χ3n) is 2.47. The number of rotatable bonds is 2. The highest BCUT2D eigenvalue weighted by atomic mass is 32.2. The minimum atomic E-state index is -0.00694. The molecule has 1 aromatic carbocycles. The largest absolute Gasteiger partial charge is 0.590 e. The van der Waals surface area contributed by atoms with Crippen molar-refractivity contribution in [2.75, 3.05) is 4.90 Å². The van der Waals surface area contributed by atoms with E-state index < -0.39 is 0 Å². The van der Waals surface area contributed by atoms with Gasteiger partial charge in [0.05, 0.1) is 9.90 Å². The number of fused-ring (bicyclic) bond motifs is 1. The van der Waals surface area contributed by atoms with Crippen molar-refractivity contribution in [2.24, 2.45) is 0 Å². The minimum Gasteiger partial charge on any atom is -0.337 e. The molecule has 0 bridgehead atoms. The Morgan fingerprint density at radius 1 is 1.38 bits per heavy atom. The van der Waals surface area contributed by atoms with Crippen molar-refractivity contribution in [3.8, 4) is 0 Å². The number of thioether (sulfide) groups is 1. The first-order valence-corrected chi connectivity index (χ1v) is 6.75. The molecule has 1 aromatic rings. The maximum absolute atomic E-state index is 10.7. The summed E-state index contributed by atoms with van der Waals surface area (Å²) in [5.74, 6) is 0. The minimum absolute atomic E-state index is 0.00694. The summed E-state index contributed by atoms with van der Waals surface area (Å²) in [6.45, 7) is 6.46. The van der Waals surface area contributed by atoms with Crippen LogP contribution in [0.25, 0.3) is 0 Å². The van der Waals surface area contributed by atoms with Gasteiger partial charge in [0, 0.05) is 15.2 Å². The van der Waals surface area contributed by atoms with Gasteiger partial charge in [0.1, 0.15) is 0 Å². The number of nitrogens with zero attached hydrogens (tertiary/aromatic N) is 1. The van der Waals surface area contributed by atoms with E-state index in [2.05, 4.69) is 42.5 Å². The molecule has 0 spiro atoms. The Morgan fingerprint density at radius 3 is 2.69 bits per heavy atom. The summed E-state index contributed by atoms with van der Waals surface area (Å²) in [5.41, 5.74) is 1.21. The summed E-state index contributed by atoms with van der Waals surface area (Å²) in [5, 5.41) is 0. The van der Waals surface area contributed by atoms with Gasteiger partial charge in [0.15, 0.2) is 5.50 Å². The summed E-state index contributed by atoms with van der Waals surface area (Å²) in [7, 11) is 0. The van der Waals surface area contributed by atoms with Gasteiger partial charge < -0.3 is 4.90 Å². The van der Waals surface area contributed by atoms with Gasteiger partial charge in [-0.05, 0) is 32.9 Å². The molecule has 0 amide bonds. The summed E-state index contributed by atoms with van der Waals surface area (Å²) in [6.07, 6.45) is 0. The van der Waals surface area contributed by atoms with Crippen LogP contribution < -0.4 is 9.62 Å². The predicted octanol–water partition coefficient (Wildman–Crippen LogP) is 2.61. The Balaban J connectivity index is 2.40. The lowest BCUT2D eigenvalue weighted by molar-refractivity contribution is 0.486. The standard InChI is InChI=1S/C11H15N2OS2/c1-11(2,3)13-8-6-4-5-7-9(8)15-10(13)12-16-14/h4-7,10H,1-3H3,(H,12,14)/q+1. The Bertz CT molecular complexity index is 403. The summed E-state index contributed by atoms with van der Waals surface area (Å²) >= 11 is 2.12. The molecule has 0 aliphatic carbocycles. The van der Waals surface area contributed by atoms with E-state index in [-0.39, 0.29) is 11.0 Å². The Labute approximate surface area is 104 Å². The van der Waals surface area contributed by atoms with Crippen LogP contribution >= 0.6 is 11.8 Å². The Hall–Kier alpha value is -0.650. The van der Waals surface area contributed by atoms with Crippen LogP contribution in [0.5, 0.6) is 0 Å². The van der Waals surface area contributed by atoms with E-state index in [0.717, 1.165) is 0 Å². The molecule has 1 unspecified atom stereocenters. The molecule has 1 heterocycles. The van der Waals surface area contributed by atoms with Gasteiger partial charge in [-0.2, -0.15) is 0 Å². The topological polar surface area (TPSA) is 32.3 Å². The normalized spacial score (nSPS) is 19.7. The number of para-hydroxylation sites is 1. The van der Waals surface area contributed by atoms with E-state index in [4.69, 9.17) is 0 Å². The average Bonchev–Trinajstić information content (AvgIpc) is 2.55. The van der Waals surface area contributed by atoms with Crippen LogP contribution in [0.3, 0.4) is 0 Å². The summed E-state index contributed by atoms with van der Waals surface area (Å²) in [6, 6.07) is 8.25. The molecular formula is C11H15N2OS2+.